The van der Waals surface area contributed by atoms with Gasteiger partial charge in [-0.15, -0.1) is 0 Å². The zero-order valence-corrected chi connectivity index (χ0v) is 17.2. The molecule has 154 valence electrons. The zero-order valence-electron chi connectivity index (χ0n) is 17.2. The summed E-state index contributed by atoms with van der Waals surface area (Å²) in [5, 5.41) is 2.98. The van der Waals surface area contributed by atoms with Crippen LogP contribution in [0.1, 0.15) is 42.1 Å². The summed E-state index contributed by atoms with van der Waals surface area (Å²) in [5.74, 6) is -0.313. The topological polar surface area (TPSA) is 52.7 Å². The number of hydrogen-bond donors (Lipinski definition) is 1. The molecule has 1 aliphatic carbocycles. The van der Waals surface area contributed by atoms with Gasteiger partial charge in [-0.1, -0.05) is 6.92 Å². The largest absolute Gasteiger partial charge is 0.377 e. The third-order valence-corrected chi connectivity index (χ3v) is 5.01. The Hall–Kier alpha value is -2.89. The van der Waals surface area contributed by atoms with Crippen molar-refractivity contribution in [1.82, 2.24) is 4.90 Å². The first-order valence-corrected chi connectivity index (χ1v) is 10.0. The number of benzene rings is 2. The van der Waals surface area contributed by atoms with Gasteiger partial charge in [0.2, 0.25) is 5.91 Å². The van der Waals surface area contributed by atoms with Crippen molar-refractivity contribution < 1.29 is 14.0 Å². The Kier molecular flexibility index (Phi) is 6.52. The summed E-state index contributed by atoms with van der Waals surface area (Å²) >= 11 is 0. The van der Waals surface area contributed by atoms with Gasteiger partial charge in [-0.3, -0.25) is 9.59 Å². The first-order valence-electron chi connectivity index (χ1n) is 10.0. The second-order valence-electron chi connectivity index (χ2n) is 7.74. The average Bonchev–Trinajstić information content (AvgIpc) is 3.53. The molecule has 2 aromatic rings. The summed E-state index contributed by atoms with van der Waals surface area (Å²) in [5.41, 5.74) is 3.15. The number of carbonyl (C=O) groups is 2. The van der Waals surface area contributed by atoms with Crippen molar-refractivity contribution in [3.8, 4) is 0 Å². The molecule has 0 radical (unpaired) electrons. The van der Waals surface area contributed by atoms with Gasteiger partial charge in [-0.25, -0.2) is 4.39 Å². The van der Waals surface area contributed by atoms with Gasteiger partial charge in [0.05, 0.1) is 0 Å². The number of carbonyl (C=O) groups excluding carboxylic acids is 2. The molecule has 0 atom stereocenters. The Labute approximate surface area is 171 Å². The molecule has 0 bridgehead atoms. The van der Waals surface area contributed by atoms with E-state index < -0.39 is 0 Å². The second-order valence-corrected chi connectivity index (χ2v) is 7.74. The Bertz CT molecular complexity index is 876. The molecule has 3 rings (SSSR count). The molecule has 6 heteroatoms. The molecule has 0 spiro atoms. The lowest BCUT2D eigenvalue weighted by molar-refractivity contribution is -0.117. The van der Waals surface area contributed by atoms with Gasteiger partial charge in [-0.05, 0) is 67.3 Å². The highest BCUT2D eigenvalue weighted by atomic mass is 19.1. The van der Waals surface area contributed by atoms with E-state index in [-0.39, 0.29) is 23.5 Å². The predicted octanol–water partition coefficient (Wildman–Crippen LogP) is 4.29. The summed E-state index contributed by atoms with van der Waals surface area (Å²) in [7, 11) is 3.90. The number of halogens is 1. The molecule has 2 amide bonds. The van der Waals surface area contributed by atoms with Crippen molar-refractivity contribution in [2.24, 2.45) is 5.92 Å². The summed E-state index contributed by atoms with van der Waals surface area (Å²) in [6, 6.07) is 11.4. The summed E-state index contributed by atoms with van der Waals surface area (Å²) < 4.78 is 13.2. The molecule has 0 aromatic heterocycles. The Morgan fingerprint density at radius 2 is 1.79 bits per heavy atom. The van der Waals surface area contributed by atoms with E-state index in [9.17, 15) is 14.0 Å². The fourth-order valence-electron chi connectivity index (χ4n) is 3.32. The van der Waals surface area contributed by atoms with Crippen LogP contribution in [0, 0.1) is 11.7 Å². The molecular formula is C23H28FN3O2. The molecule has 0 unspecified atom stereocenters. The highest BCUT2D eigenvalue weighted by Gasteiger charge is 2.29. The summed E-state index contributed by atoms with van der Waals surface area (Å²) in [6.45, 7) is 3.01. The van der Waals surface area contributed by atoms with Gasteiger partial charge in [0.15, 0.2) is 0 Å². The molecule has 2 aromatic carbocycles. The van der Waals surface area contributed by atoms with Crippen LogP contribution in [-0.4, -0.2) is 37.4 Å². The number of anilines is 2. The Morgan fingerprint density at radius 3 is 2.38 bits per heavy atom. The maximum Gasteiger partial charge on any atom is 0.254 e. The number of hydrogen-bond acceptors (Lipinski definition) is 3. The number of nitrogens with one attached hydrogen (secondary N) is 1. The quantitative estimate of drug-likeness (QED) is 0.723. The van der Waals surface area contributed by atoms with Crippen LogP contribution < -0.4 is 10.2 Å². The minimum Gasteiger partial charge on any atom is -0.377 e. The molecule has 5 nitrogen and oxygen atoms in total. The van der Waals surface area contributed by atoms with Gasteiger partial charge in [0, 0.05) is 50.0 Å². The molecule has 0 aliphatic heterocycles. The van der Waals surface area contributed by atoms with Crippen molar-refractivity contribution in [1.29, 1.82) is 0 Å². The van der Waals surface area contributed by atoms with Crippen LogP contribution in [0.25, 0.3) is 0 Å². The van der Waals surface area contributed by atoms with Crippen LogP contribution in [0.5, 0.6) is 0 Å². The number of rotatable bonds is 8. The first-order chi connectivity index (χ1) is 13.9. The van der Waals surface area contributed by atoms with E-state index >= 15 is 0 Å². The standard InChI is InChI=1S/C23H28FN3O2/c1-4-13-27(23(29)17-7-9-19(24)10-8-17)15-18-14-20(11-12-21(18)26(2)3)25-22(28)16-5-6-16/h7-12,14,16H,4-6,13,15H2,1-3H3,(H,25,28). The maximum atomic E-state index is 13.2. The zero-order chi connectivity index (χ0) is 21.0. The first kappa shape index (κ1) is 20.8. The predicted molar refractivity (Wildman–Crippen MR) is 114 cm³/mol. The smallest absolute Gasteiger partial charge is 0.254 e. The maximum absolute atomic E-state index is 13.2. The van der Waals surface area contributed by atoms with Crippen molar-refractivity contribution in [3.05, 3.63) is 59.4 Å². The van der Waals surface area contributed by atoms with Crippen LogP contribution in [0.15, 0.2) is 42.5 Å². The van der Waals surface area contributed by atoms with Crippen LogP contribution in [0.3, 0.4) is 0 Å². The third kappa shape index (κ3) is 5.34. The van der Waals surface area contributed by atoms with E-state index in [1.54, 1.807) is 4.90 Å². The molecule has 0 saturated heterocycles. The number of amides is 2. The van der Waals surface area contributed by atoms with E-state index in [1.165, 1.54) is 24.3 Å². The van der Waals surface area contributed by atoms with Gasteiger partial charge in [-0.2, -0.15) is 0 Å². The SMILES string of the molecule is CCCN(Cc1cc(NC(=O)C2CC2)ccc1N(C)C)C(=O)c1ccc(F)cc1. The van der Waals surface area contributed by atoms with Gasteiger partial charge < -0.3 is 15.1 Å². The average molecular weight is 397 g/mol. The molecule has 1 aliphatic rings. The lowest BCUT2D eigenvalue weighted by Gasteiger charge is -2.26. The highest BCUT2D eigenvalue weighted by molar-refractivity contribution is 5.95. The molecule has 1 fully saturated rings. The van der Waals surface area contributed by atoms with Crippen molar-refractivity contribution >= 4 is 23.2 Å². The van der Waals surface area contributed by atoms with E-state index in [1.807, 2.05) is 44.1 Å². The molecule has 1 N–H and O–H groups in total. The second kappa shape index (κ2) is 9.07. The lowest BCUT2D eigenvalue weighted by atomic mass is 10.1. The van der Waals surface area contributed by atoms with Gasteiger partial charge >= 0.3 is 0 Å². The number of nitrogens with zero attached hydrogens (tertiary/aromatic N) is 2. The van der Waals surface area contributed by atoms with E-state index in [4.69, 9.17) is 0 Å². The monoisotopic (exact) mass is 397 g/mol. The Morgan fingerprint density at radius 1 is 1.10 bits per heavy atom. The normalized spacial score (nSPS) is 13.1. The van der Waals surface area contributed by atoms with E-state index in [0.717, 1.165) is 36.2 Å². The van der Waals surface area contributed by atoms with Crippen LogP contribution in [-0.2, 0) is 11.3 Å². The minimum absolute atomic E-state index is 0.0568. The van der Waals surface area contributed by atoms with Gasteiger partial charge in [0.25, 0.3) is 5.91 Å². The summed E-state index contributed by atoms with van der Waals surface area (Å²) in [6.07, 6.45) is 2.71. The fourth-order valence-corrected chi connectivity index (χ4v) is 3.32. The van der Waals surface area contributed by atoms with Crippen molar-refractivity contribution in [2.75, 3.05) is 30.9 Å². The van der Waals surface area contributed by atoms with Crippen LogP contribution in [0.2, 0.25) is 0 Å². The molecular weight excluding hydrogens is 369 g/mol. The van der Waals surface area contributed by atoms with Crippen molar-refractivity contribution in [2.45, 2.75) is 32.7 Å². The van der Waals surface area contributed by atoms with E-state index in [2.05, 4.69) is 5.32 Å². The molecule has 1 saturated carbocycles. The van der Waals surface area contributed by atoms with Crippen molar-refractivity contribution in [3.63, 3.8) is 0 Å². The summed E-state index contributed by atoms with van der Waals surface area (Å²) in [4.78, 5) is 28.9. The van der Waals surface area contributed by atoms with Crippen LogP contribution >= 0.6 is 0 Å². The molecule has 0 heterocycles. The minimum atomic E-state index is -0.363. The van der Waals surface area contributed by atoms with Gasteiger partial charge in [0.1, 0.15) is 5.82 Å². The van der Waals surface area contributed by atoms with Crippen LogP contribution in [0.4, 0.5) is 15.8 Å². The lowest BCUT2D eigenvalue weighted by Crippen LogP contribution is -2.32. The fraction of sp³-hybridized carbons (Fsp3) is 0.391. The molecule has 29 heavy (non-hydrogen) atoms. The third-order valence-electron chi connectivity index (χ3n) is 5.01. The Balaban J connectivity index is 1.85. The highest BCUT2D eigenvalue weighted by Crippen LogP contribution is 2.31. The van der Waals surface area contributed by atoms with E-state index in [0.29, 0.717) is 18.7 Å².